The first-order valence-corrected chi connectivity index (χ1v) is 4.79. The number of anilines is 1. The lowest BCUT2D eigenvalue weighted by molar-refractivity contribution is 0.402. The van der Waals surface area contributed by atoms with E-state index in [0.717, 1.165) is 24.4 Å². The number of nitrogen functional groups attached to an aromatic ring is 1. The zero-order valence-corrected chi connectivity index (χ0v) is 8.96. The molecule has 1 aromatic rings. The number of nitrogens with two attached hydrogens (primary N) is 1. The van der Waals surface area contributed by atoms with Gasteiger partial charge in [0.1, 0.15) is 5.82 Å². The summed E-state index contributed by atoms with van der Waals surface area (Å²) in [5.74, 6) is 0.814. The SMILES string of the molecule is CCCc1ncn(C(C)(C)C)c1N. The van der Waals surface area contributed by atoms with Crippen molar-refractivity contribution in [3.63, 3.8) is 0 Å². The highest BCUT2D eigenvalue weighted by Gasteiger charge is 2.17. The summed E-state index contributed by atoms with van der Waals surface area (Å²) in [6.45, 7) is 8.51. The van der Waals surface area contributed by atoms with Crippen LogP contribution >= 0.6 is 0 Å². The number of aryl methyl sites for hydroxylation is 1. The zero-order chi connectivity index (χ0) is 10.1. The molecule has 0 amide bonds. The van der Waals surface area contributed by atoms with Crippen molar-refractivity contribution in [2.75, 3.05) is 5.73 Å². The minimum absolute atomic E-state index is 0.0308. The first-order valence-electron chi connectivity index (χ1n) is 4.79. The second kappa shape index (κ2) is 3.40. The van der Waals surface area contributed by atoms with Crippen molar-refractivity contribution in [3.05, 3.63) is 12.0 Å². The number of imidazole rings is 1. The van der Waals surface area contributed by atoms with Crippen molar-refractivity contribution in [3.8, 4) is 0 Å². The highest BCUT2D eigenvalue weighted by Crippen LogP contribution is 2.21. The van der Waals surface area contributed by atoms with Crippen LogP contribution in [0.3, 0.4) is 0 Å². The Hall–Kier alpha value is -0.990. The fourth-order valence-corrected chi connectivity index (χ4v) is 1.36. The van der Waals surface area contributed by atoms with Gasteiger partial charge in [-0.2, -0.15) is 0 Å². The number of nitrogens with zero attached hydrogens (tertiary/aromatic N) is 2. The molecule has 0 spiro atoms. The lowest BCUT2D eigenvalue weighted by atomic mass is 10.1. The Morgan fingerprint density at radius 3 is 2.46 bits per heavy atom. The highest BCUT2D eigenvalue weighted by atomic mass is 15.2. The van der Waals surface area contributed by atoms with Crippen LogP contribution in [0.25, 0.3) is 0 Å². The molecule has 1 aromatic heterocycles. The van der Waals surface area contributed by atoms with E-state index >= 15 is 0 Å². The Labute approximate surface area is 80.0 Å². The van der Waals surface area contributed by atoms with Gasteiger partial charge in [-0.15, -0.1) is 0 Å². The molecule has 0 saturated heterocycles. The molecule has 13 heavy (non-hydrogen) atoms. The molecule has 1 heterocycles. The van der Waals surface area contributed by atoms with Crippen molar-refractivity contribution >= 4 is 5.82 Å². The standard InChI is InChI=1S/C10H19N3/c1-5-6-8-9(11)13(7-12-8)10(2,3)4/h7H,5-6,11H2,1-4H3. The summed E-state index contributed by atoms with van der Waals surface area (Å²) in [6, 6.07) is 0. The smallest absolute Gasteiger partial charge is 0.127 e. The lowest BCUT2D eigenvalue weighted by Crippen LogP contribution is -2.22. The molecule has 0 bridgehead atoms. The molecule has 0 aliphatic rings. The topological polar surface area (TPSA) is 43.8 Å². The van der Waals surface area contributed by atoms with Gasteiger partial charge in [-0.1, -0.05) is 13.3 Å². The Balaban J connectivity index is 2.99. The van der Waals surface area contributed by atoms with Gasteiger partial charge in [0.15, 0.2) is 0 Å². The van der Waals surface area contributed by atoms with Crippen LogP contribution < -0.4 is 5.73 Å². The fourth-order valence-electron chi connectivity index (χ4n) is 1.36. The van der Waals surface area contributed by atoms with E-state index in [0.29, 0.717) is 0 Å². The van der Waals surface area contributed by atoms with Crippen LogP contribution in [0.15, 0.2) is 6.33 Å². The van der Waals surface area contributed by atoms with Crippen molar-refractivity contribution < 1.29 is 0 Å². The van der Waals surface area contributed by atoms with Crippen molar-refractivity contribution in [1.29, 1.82) is 0 Å². The van der Waals surface area contributed by atoms with Crippen molar-refractivity contribution in [2.24, 2.45) is 0 Å². The van der Waals surface area contributed by atoms with E-state index < -0.39 is 0 Å². The van der Waals surface area contributed by atoms with Gasteiger partial charge in [0.2, 0.25) is 0 Å². The van der Waals surface area contributed by atoms with E-state index in [9.17, 15) is 0 Å². The Kier molecular flexibility index (Phi) is 2.64. The third kappa shape index (κ3) is 2.02. The van der Waals surface area contributed by atoms with Gasteiger partial charge in [-0.3, -0.25) is 0 Å². The van der Waals surface area contributed by atoms with Crippen LogP contribution in [0.1, 0.15) is 39.8 Å². The van der Waals surface area contributed by atoms with Gasteiger partial charge in [0.25, 0.3) is 0 Å². The van der Waals surface area contributed by atoms with Gasteiger partial charge in [-0.25, -0.2) is 4.98 Å². The molecule has 3 heteroatoms. The van der Waals surface area contributed by atoms with Gasteiger partial charge in [0, 0.05) is 5.54 Å². The zero-order valence-electron chi connectivity index (χ0n) is 8.96. The number of hydrogen-bond donors (Lipinski definition) is 1. The first kappa shape index (κ1) is 10.1. The second-order valence-corrected chi connectivity index (χ2v) is 4.37. The third-order valence-electron chi connectivity index (χ3n) is 2.09. The maximum absolute atomic E-state index is 5.98. The predicted octanol–water partition coefficient (Wildman–Crippen LogP) is 2.17. The number of aromatic nitrogens is 2. The highest BCUT2D eigenvalue weighted by molar-refractivity contribution is 5.37. The summed E-state index contributed by atoms with van der Waals surface area (Å²) in [4.78, 5) is 4.31. The third-order valence-corrected chi connectivity index (χ3v) is 2.09. The van der Waals surface area contributed by atoms with E-state index in [4.69, 9.17) is 5.73 Å². The van der Waals surface area contributed by atoms with Crippen LogP contribution in [0.2, 0.25) is 0 Å². The quantitative estimate of drug-likeness (QED) is 0.760. The molecule has 0 aliphatic carbocycles. The van der Waals surface area contributed by atoms with E-state index in [1.54, 1.807) is 0 Å². The van der Waals surface area contributed by atoms with Crippen molar-refractivity contribution in [2.45, 2.75) is 46.1 Å². The fraction of sp³-hybridized carbons (Fsp3) is 0.700. The molecule has 1 rings (SSSR count). The average molecular weight is 181 g/mol. The van der Waals surface area contributed by atoms with Gasteiger partial charge in [-0.05, 0) is 27.2 Å². The molecule has 0 unspecified atom stereocenters. The van der Waals surface area contributed by atoms with E-state index in [-0.39, 0.29) is 5.54 Å². The van der Waals surface area contributed by atoms with Crippen LogP contribution in [0, 0.1) is 0 Å². The molecule has 0 aliphatic heterocycles. The summed E-state index contributed by atoms with van der Waals surface area (Å²) in [7, 11) is 0. The largest absolute Gasteiger partial charge is 0.384 e. The summed E-state index contributed by atoms with van der Waals surface area (Å²) in [6.07, 6.45) is 3.89. The van der Waals surface area contributed by atoms with Crippen molar-refractivity contribution in [1.82, 2.24) is 9.55 Å². The van der Waals surface area contributed by atoms with E-state index in [2.05, 4.69) is 32.7 Å². The minimum atomic E-state index is 0.0308. The molecule has 2 N–H and O–H groups in total. The first-order chi connectivity index (χ1) is 5.96. The summed E-state index contributed by atoms with van der Waals surface area (Å²) in [5, 5.41) is 0. The lowest BCUT2D eigenvalue weighted by Gasteiger charge is -2.22. The molecule has 74 valence electrons. The molecule has 0 saturated carbocycles. The van der Waals surface area contributed by atoms with Crippen LogP contribution in [0.5, 0.6) is 0 Å². The summed E-state index contributed by atoms with van der Waals surface area (Å²) in [5.41, 5.74) is 7.03. The van der Waals surface area contributed by atoms with Gasteiger partial charge >= 0.3 is 0 Å². The molecular formula is C10H19N3. The summed E-state index contributed by atoms with van der Waals surface area (Å²) < 4.78 is 2.03. The van der Waals surface area contributed by atoms with Gasteiger partial charge in [0.05, 0.1) is 12.0 Å². The molecular weight excluding hydrogens is 162 g/mol. The minimum Gasteiger partial charge on any atom is -0.384 e. The monoisotopic (exact) mass is 181 g/mol. The van der Waals surface area contributed by atoms with Crippen LogP contribution in [-0.2, 0) is 12.0 Å². The normalized spacial score (nSPS) is 12.0. The van der Waals surface area contributed by atoms with E-state index in [1.807, 2.05) is 10.9 Å². The Bertz CT molecular complexity index is 281. The average Bonchev–Trinajstić information content (AvgIpc) is 2.32. The Morgan fingerprint density at radius 2 is 2.08 bits per heavy atom. The number of rotatable bonds is 2. The maximum atomic E-state index is 5.98. The van der Waals surface area contributed by atoms with Crippen LogP contribution in [-0.4, -0.2) is 9.55 Å². The molecule has 0 radical (unpaired) electrons. The molecule has 0 atom stereocenters. The number of hydrogen-bond acceptors (Lipinski definition) is 2. The van der Waals surface area contributed by atoms with Crippen LogP contribution in [0.4, 0.5) is 5.82 Å². The second-order valence-electron chi connectivity index (χ2n) is 4.37. The predicted molar refractivity (Wildman–Crippen MR) is 55.6 cm³/mol. The summed E-state index contributed by atoms with van der Waals surface area (Å²) >= 11 is 0. The molecule has 0 fully saturated rings. The van der Waals surface area contributed by atoms with Gasteiger partial charge < -0.3 is 10.3 Å². The molecule has 3 nitrogen and oxygen atoms in total. The van der Waals surface area contributed by atoms with E-state index in [1.165, 1.54) is 0 Å². The maximum Gasteiger partial charge on any atom is 0.127 e. The molecule has 0 aromatic carbocycles. The Morgan fingerprint density at radius 1 is 1.46 bits per heavy atom.